The van der Waals surface area contributed by atoms with Crippen molar-refractivity contribution in [1.82, 2.24) is 5.32 Å². The van der Waals surface area contributed by atoms with E-state index in [4.69, 9.17) is 27.9 Å². The zero-order valence-corrected chi connectivity index (χ0v) is 11.9. The topological polar surface area (TPSA) is 21.3 Å². The molecule has 0 radical (unpaired) electrons. The van der Waals surface area contributed by atoms with Crippen LogP contribution in [0.15, 0.2) is 30.0 Å². The fourth-order valence-electron chi connectivity index (χ4n) is 2.17. The van der Waals surface area contributed by atoms with Gasteiger partial charge in [0, 0.05) is 16.1 Å². The summed E-state index contributed by atoms with van der Waals surface area (Å²) in [7, 11) is 1.96. The molecule has 0 aliphatic carbocycles. The van der Waals surface area contributed by atoms with E-state index in [1.807, 2.05) is 25.4 Å². The summed E-state index contributed by atoms with van der Waals surface area (Å²) in [6, 6.07) is 5.92. The fourth-order valence-corrected chi connectivity index (χ4v) is 2.65. The lowest BCUT2D eigenvalue weighted by atomic mass is 9.96. The molecule has 0 saturated heterocycles. The lowest BCUT2D eigenvalue weighted by molar-refractivity contribution is 0.219. The number of benzene rings is 1. The average Bonchev–Trinajstić information content (AvgIpc) is 2.39. The lowest BCUT2D eigenvalue weighted by Crippen LogP contribution is -2.31. The molecule has 0 bridgehead atoms. The Kier molecular flexibility index (Phi) is 4.93. The van der Waals surface area contributed by atoms with Gasteiger partial charge in [-0.25, -0.2) is 0 Å². The van der Waals surface area contributed by atoms with Crippen molar-refractivity contribution in [2.75, 3.05) is 13.7 Å². The summed E-state index contributed by atoms with van der Waals surface area (Å²) in [6.07, 6.45) is 4.89. The third-order valence-electron chi connectivity index (χ3n) is 3.20. The van der Waals surface area contributed by atoms with Crippen molar-refractivity contribution >= 4 is 23.2 Å². The van der Waals surface area contributed by atoms with Crippen LogP contribution in [0.3, 0.4) is 0 Å². The molecule has 1 aliphatic heterocycles. The minimum Gasteiger partial charge on any atom is -0.501 e. The maximum Gasteiger partial charge on any atom is 0.0876 e. The summed E-state index contributed by atoms with van der Waals surface area (Å²) in [5, 5.41) is 4.72. The summed E-state index contributed by atoms with van der Waals surface area (Å²) < 4.78 is 5.40. The Balaban J connectivity index is 2.12. The second kappa shape index (κ2) is 6.46. The Bertz CT molecular complexity index is 445. The van der Waals surface area contributed by atoms with Crippen LogP contribution in [0.4, 0.5) is 0 Å². The van der Waals surface area contributed by atoms with Gasteiger partial charge in [-0.1, -0.05) is 29.3 Å². The van der Waals surface area contributed by atoms with E-state index < -0.39 is 0 Å². The Hall–Kier alpha value is -0.700. The predicted octanol–water partition coefficient (Wildman–Crippen LogP) is 3.82. The van der Waals surface area contributed by atoms with E-state index in [1.165, 1.54) is 5.57 Å². The Labute approximate surface area is 118 Å². The highest BCUT2D eigenvalue weighted by Crippen LogP contribution is 2.25. The van der Waals surface area contributed by atoms with Crippen molar-refractivity contribution in [1.29, 1.82) is 0 Å². The number of hydrogen-bond donors (Lipinski definition) is 1. The zero-order chi connectivity index (χ0) is 13.0. The van der Waals surface area contributed by atoms with Gasteiger partial charge in [0.1, 0.15) is 0 Å². The van der Waals surface area contributed by atoms with Crippen LogP contribution in [0.25, 0.3) is 0 Å². The quantitative estimate of drug-likeness (QED) is 0.908. The highest BCUT2D eigenvalue weighted by molar-refractivity contribution is 6.35. The molecule has 1 aliphatic rings. The standard InChI is InChI=1S/C14H17Cl2NO/c1-17-14(11-3-2-6-18-9-11)7-10-4-5-12(15)8-13(10)16/h4-5,8-9,14,17H,2-3,6-7H2,1H3. The number of ether oxygens (including phenoxy) is 1. The molecule has 0 aromatic heterocycles. The Morgan fingerprint density at radius 2 is 2.22 bits per heavy atom. The van der Waals surface area contributed by atoms with Crippen LogP contribution in [-0.4, -0.2) is 19.7 Å². The van der Waals surface area contributed by atoms with Crippen LogP contribution in [0.2, 0.25) is 10.0 Å². The van der Waals surface area contributed by atoms with Crippen LogP contribution in [0.1, 0.15) is 18.4 Å². The highest BCUT2D eigenvalue weighted by atomic mass is 35.5. The molecule has 1 aromatic carbocycles. The SMILES string of the molecule is CNC(Cc1ccc(Cl)cc1Cl)C1=COCCC1. The van der Waals surface area contributed by atoms with E-state index in [1.54, 1.807) is 6.07 Å². The minimum atomic E-state index is 0.268. The first-order valence-corrected chi connectivity index (χ1v) is 6.88. The van der Waals surface area contributed by atoms with Crippen LogP contribution < -0.4 is 5.32 Å². The van der Waals surface area contributed by atoms with Crippen molar-refractivity contribution in [3.63, 3.8) is 0 Å². The van der Waals surface area contributed by atoms with Gasteiger partial charge < -0.3 is 10.1 Å². The normalized spacial score (nSPS) is 16.9. The summed E-state index contributed by atoms with van der Waals surface area (Å²) in [6.45, 7) is 0.821. The molecule has 98 valence electrons. The molecule has 2 rings (SSSR count). The molecule has 0 saturated carbocycles. The maximum atomic E-state index is 6.21. The van der Waals surface area contributed by atoms with E-state index in [0.717, 1.165) is 36.5 Å². The zero-order valence-electron chi connectivity index (χ0n) is 10.4. The molecule has 1 aromatic rings. The number of hydrogen-bond acceptors (Lipinski definition) is 2. The van der Waals surface area contributed by atoms with Crippen LogP contribution >= 0.6 is 23.2 Å². The number of rotatable bonds is 4. The van der Waals surface area contributed by atoms with Gasteiger partial charge >= 0.3 is 0 Å². The Morgan fingerprint density at radius 3 is 2.83 bits per heavy atom. The van der Waals surface area contributed by atoms with Gasteiger partial charge in [-0.05, 0) is 49.6 Å². The smallest absolute Gasteiger partial charge is 0.0876 e. The second-order valence-electron chi connectivity index (χ2n) is 4.45. The lowest BCUT2D eigenvalue weighted by Gasteiger charge is -2.23. The van der Waals surface area contributed by atoms with E-state index in [0.29, 0.717) is 5.02 Å². The molecule has 4 heteroatoms. The van der Waals surface area contributed by atoms with Crippen molar-refractivity contribution in [2.45, 2.75) is 25.3 Å². The molecular formula is C14H17Cl2NO. The molecule has 1 unspecified atom stereocenters. The van der Waals surface area contributed by atoms with Gasteiger partial charge in [0.25, 0.3) is 0 Å². The van der Waals surface area contributed by atoms with Crippen molar-refractivity contribution < 1.29 is 4.74 Å². The minimum absolute atomic E-state index is 0.268. The monoisotopic (exact) mass is 285 g/mol. The largest absolute Gasteiger partial charge is 0.501 e. The van der Waals surface area contributed by atoms with Crippen LogP contribution in [-0.2, 0) is 11.2 Å². The van der Waals surface area contributed by atoms with Gasteiger partial charge in [-0.15, -0.1) is 0 Å². The van der Waals surface area contributed by atoms with E-state index >= 15 is 0 Å². The first-order chi connectivity index (χ1) is 8.70. The van der Waals surface area contributed by atoms with Crippen molar-refractivity contribution in [3.05, 3.63) is 45.6 Å². The third-order valence-corrected chi connectivity index (χ3v) is 3.78. The number of nitrogens with one attached hydrogen (secondary N) is 1. The van der Waals surface area contributed by atoms with Gasteiger partial charge in [0.2, 0.25) is 0 Å². The molecule has 0 amide bonds. The van der Waals surface area contributed by atoms with E-state index in [2.05, 4.69) is 5.32 Å². The second-order valence-corrected chi connectivity index (χ2v) is 5.29. The molecular weight excluding hydrogens is 269 g/mol. The molecule has 0 spiro atoms. The third kappa shape index (κ3) is 3.41. The molecule has 1 heterocycles. The average molecular weight is 286 g/mol. The summed E-state index contributed by atoms with van der Waals surface area (Å²) in [5.74, 6) is 0. The molecule has 0 fully saturated rings. The predicted molar refractivity (Wildman–Crippen MR) is 76.3 cm³/mol. The Morgan fingerprint density at radius 1 is 1.39 bits per heavy atom. The molecule has 18 heavy (non-hydrogen) atoms. The highest BCUT2D eigenvalue weighted by Gasteiger charge is 2.17. The summed E-state index contributed by atoms with van der Waals surface area (Å²) >= 11 is 12.1. The molecule has 2 nitrogen and oxygen atoms in total. The van der Waals surface area contributed by atoms with Gasteiger partial charge in [-0.2, -0.15) is 0 Å². The molecule has 1 N–H and O–H groups in total. The fraction of sp³-hybridized carbons (Fsp3) is 0.429. The summed E-state index contributed by atoms with van der Waals surface area (Å²) in [4.78, 5) is 0. The molecule has 1 atom stereocenters. The van der Waals surface area contributed by atoms with E-state index in [9.17, 15) is 0 Å². The van der Waals surface area contributed by atoms with Gasteiger partial charge in [0.05, 0.1) is 12.9 Å². The van der Waals surface area contributed by atoms with Crippen LogP contribution in [0, 0.1) is 0 Å². The van der Waals surface area contributed by atoms with Crippen molar-refractivity contribution in [3.8, 4) is 0 Å². The maximum absolute atomic E-state index is 6.21. The van der Waals surface area contributed by atoms with Crippen molar-refractivity contribution in [2.24, 2.45) is 0 Å². The summed E-state index contributed by atoms with van der Waals surface area (Å²) in [5.41, 5.74) is 2.40. The van der Waals surface area contributed by atoms with E-state index in [-0.39, 0.29) is 6.04 Å². The first-order valence-electron chi connectivity index (χ1n) is 6.12. The van der Waals surface area contributed by atoms with Crippen LogP contribution in [0.5, 0.6) is 0 Å². The first kappa shape index (κ1) is 13.7. The number of likely N-dealkylation sites (N-methyl/N-ethyl adjacent to an activating group) is 1. The van der Waals surface area contributed by atoms with Gasteiger partial charge in [-0.3, -0.25) is 0 Å². The number of halogens is 2. The van der Waals surface area contributed by atoms with Gasteiger partial charge in [0.15, 0.2) is 0 Å².